The van der Waals surface area contributed by atoms with E-state index in [-0.39, 0.29) is 0 Å². The van der Waals surface area contributed by atoms with Crippen molar-refractivity contribution in [1.29, 1.82) is 0 Å². The molecule has 0 bridgehead atoms. The quantitative estimate of drug-likeness (QED) is 0.188. The molecule has 50 heavy (non-hydrogen) atoms. The van der Waals surface area contributed by atoms with Gasteiger partial charge in [0.2, 0.25) is 0 Å². The summed E-state index contributed by atoms with van der Waals surface area (Å²) in [5.41, 5.74) is 11.7. The summed E-state index contributed by atoms with van der Waals surface area (Å²) in [6, 6.07) is 59.3. The minimum atomic E-state index is 0.691. The highest BCUT2D eigenvalue weighted by Crippen LogP contribution is 2.41. The van der Waals surface area contributed by atoms with Gasteiger partial charge in [0.1, 0.15) is 5.82 Å². The Morgan fingerprint density at radius 2 is 1.10 bits per heavy atom. The van der Waals surface area contributed by atoms with E-state index in [9.17, 15) is 0 Å². The maximum atomic E-state index is 5.22. The predicted molar refractivity (Wildman–Crippen MR) is 205 cm³/mol. The van der Waals surface area contributed by atoms with E-state index in [1.54, 1.807) is 0 Å². The molecule has 6 aromatic carbocycles. The second kappa shape index (κ2) is 11.4. The van der Waals surface area contributed by atoms with Crippen molar-refractivity contribution >= 4 is 43.7 Å². The molecular weight excluding hydrogens is 611 g/mol. The molecule has 0 fully saturated rings. The van der Waals surface area contributed by atoms with E-state index in [0.717, 1.165) is 72.4 Å². The van der Waals surface area contributed by atoms with Crippen LogP contribution < -0.4 is 0 Å². The zero-order valence-corrected chi connectivity index (χ0v) is 27.0. The molecule has 0 spiro atoms. The van der Waals surface area contributed by atoms with Crippen LogP contribution in [0.4, 0.5) is 0 Å². The highest BCUT2D eigenvalue weighted by Gasteiger charge is 2.20. The van der Waals surface area contributed by atoms with Crippen molar-refractivity contribution in [3.05, 3.63) is 176 Å². The summed E-state index contributed by atoms with van der Waals surface area (Å²) in [4.78, 5) is 15.1. The molecule has 0 amide bonds. The van der Waals surface area contributed by atoms with Gasteiger partial charge in [-0.3, -0.25) is 9.55 Å². The topological polar surface area (TPSA) is 48.5 Å². The molecule has 0 atom stereocenters. The van der Waals surface area contributed by atoms with Crippen molar-refractivity contribution in [1.82, 2.24) is 24.1 Å². The smallest absolute Gasteiger partial charge is 0.162 e. The van der Waals surface area contributed by atoms with Gasteiger partial charge in [0.15, 0.2) is 5.82 Å². The largest absolute Gasteiger partial charge is 0.308 e. The molecule has 0 N–H and O–H groups in total. The summed E-state index contributed by atoms with van der Waals surface area (Å²) in [5.74, 6) is 1.52. The number of para-hydroxylation sites is 2. The SMILES string of the molecule is c1ccc(-c2cc(-n3c4ccccc4c4c(-c5ccc6c(c5)c5ncccc5n6-c5ccccc5)cccc43)nc(-c3ccccc3)n2)cc1. The van der Waals surface area contributed by atoms with Crippen molar-refractivity contribution < 1.29 is 0 Å². The summed E-state index contributed by atoms with van der Waals surface area (Å²) in [6.45, 7) is 0. The average Bonchev–Trinajstić information content (AvgIpc) is 3.71. The van der Waals surface area contributed by atoms with Crippen LogP contribution >= 0.6 is 0 Å². The van der Waals surface area contributed by atoms with Gasteiger partial charge in [-0.05, 0) is 59.7 Å². The van der Waals surface area contributed by atoms with E-state index in [0.29, 0.717) is 5.82 Å². The van der Waals surface area contributed by atoms with E-state index in [2.05, 4.69) is 149 Å². The van der Waals surface area contributed by atoms with Crippen LogP contribution in [0.2, 0.25) is 0 Å². The second-order valence-corrected chi connectivity index (χ2v) is 12.5. The van der Waals surface area contributed by atoms with E-state index in [1.807, 2.05) is 36.5 Å². The number of benzene rings is 6. The van der Waals surface area contributed by atoms with Crippen molar-refractivity contribution in [2.24, 2.45) is 0 Å². The maximum absolute atomic E-state index is 5.22. The molecule has 4 aromatic heterocycles. The van der Waals surface area contributed by atoms with Crippen LogP contribution in [0, 0.1) is 0 Å². The number of pyridine rings is 1. The second-order valence-electron chi connectivity index (χ2n) is 12.5. The van der Waals surface area contributed by atoms with Gasteiger partial charge in [0, 0.05) is 45.2 Å². The Morgan fingerprint density at radius 3 is 1.92 bits per heavy atom. The van der Waals surface area contributed by atoms with E-state index in [4.69, 9.17) is 15.0 Å². The van der Waals surface area contributed by atoms with Crippen LogP contribution in [-0.4, -0.2) is 24.1 Å². The minimum Gasteiger partial charge on any atom is -0.308 e. The number of aromatic nitrogens is 5. The third-order valence-corrected chi connectivity index (χ3v) is 9.59. The summed E-state index contributed by atoms with van der Waals surface area (Å²) < 4.78 is 4.59. The van der Waals surface area contributed by atoms with Gasteiger partial charge >= 0.3 is 0 Å². The number of hydrogen-bond acceptors (Lipinski definition) is 3. The highest BCUT2D eigenvalue weighted by molar-refractivity contribution is 6.17. The Morgan fingerprint density at radius 1 is 0.420 bits per heavy atom. The molecule has 0 aliphatic carbocycles. The fraction of sp³-hybridized carbons (Fsp3) is 0. The van der Waals surface area contributed by atoms with Gasteiger partial charge in [0.05, 0.1) is 33.3 Å². The minimum absolute atomic E-state index is 0.691. The molecule has 0 unspecified atom stereocenters. The molecule has 234 valence electrons. The third-order valence-electron chi connectivity index (χ3n) is 9.59. The highest BCUT2D eigenvalue weighted by atomic mass is 15.1. The first-order chi connectivity index (χ1) is 24.8. The molecule has 0 aliphatic rings. The van der Waals surface area contributed by atoms with Gasteiger partial charge < -0.3 is 4.57 Å². The monoisotopic (exact) mass is 639 g/mol. The fourth-order valence-electron chi connectivity index (χ4n) is 7.39. The maximum Gasteiger partial charge on any atom is 0.162 e. The lowest BCUT2D eigenvalue weighted by Gasteiger charge is -2.12. The molecule has 5 nitrogen and oxygen atoms in total. The lowest BCUT2D eigenvalue weighted by Crippen LogP contribution is -2.02. The van der Waals surface area contributed by atoms with Crippen molar-refractivity contribution in [3.63, 3.8) is 0 Å². The van der Waals surface area contributed by atoms with E-state index < -0.39 is 0 Å². The Hall–Kier alpha value is -6.85. The van der Waals surface area contributed by atoms with Crippen molar-refractivity contribution in [2.75, 3.05) is 0 Å². The molecule has 4 heterocycles. The number of rotatable bonds is 5. The average molecular weight is 640 g/mol. The summed E-state index contributed by atoms with van der Waals surface area (Å²) >= 11 is 0. The lowest BCUT2D eigenvalue weighted by atomic mass is 9.98. The Balaban J connectivity index is 1.23. The van der Waals surface area contributed by atoms with Gasteiger partial charge in [-0.15, -0.1) is 0 Å². The molecule has 10 rings (SSSR count). The number of fused-ring (bicyclic) bond motifs is 6. The molecule has 10 aromatic rings. The van der Waals surface area contributed by atoms with Crippen molar-refractivity contribution in [2.45, 2.75) is 0 Å². The van der Waals surface area contributed by atoms with Gasteiger partial charge in [0.25, 0.3) is 0 Å². The fourth-order valence-corrected chi connectivity index (χ4v) is 7.39. The Labute approximate surface area is 288 Å². The number of nitrogens with zero attached hydrogens (tertiary/aromatic N) is 5. The normalized spacial score (nSPS) is 11.6. The van der Waals surface area contributed by atoms with Crippen LogP contribution in [-0.2, 0) is 0 Å². The zero-order valence-electron chi connectivity index (χ0n) is 27.0. The first kappa shape index (κ1) is 28.2. The molecule has 0 saturated carbocycles. The van der Waals surface area contributed by atoms with Crippen LogP contribution in [0.25, 0.3) is 89.0 Å². The lowest BCUT2D eigenvalue weighted by molar-refractivity contribution is 1.05. The summed E-state index contributed by atoms with van der Waals surface area (Å²) in [5, 5.41) is 3.48. The van der Waals surface area contributed by atoms with Crippen molar-refractivity contribution in [3.8, 4) is 45.3 Å². The van der Waals surface area contributed by atoms with Crippen LogP contribution in [0.5, 0.6) is 0 Å². The van der Waals surface area contributed by atoms with Gasteiger partial charge in [-0.25, -0.2) is 9.97 Å². The first-order valence-corrected chi connectivity index (χ1v) is 16.8. The number of hydrogen-bond donors (Lipinski definition) is 0. The Bertz CT molecular complexity index is 2800. The molecule has 0 radical (unpaired) electrons. The summed E-state index contributed by atoms with van der Waals surface area (Å²) in [6.07, 6.45) is 1.88. The first-order valence-electron chi connectivity index (χ1n) is 16.8. The third kappa shape index (κ3) is 4.45. The molecule has 0 saturated heterocycles. The van der Waals surface area contributed by atoms with Crippen LogP contribution in [0.15, 0.2) is 176 Å². The molecular formula is C45H29N5. The predicted octanol–water partition coefficient (Wildman–Crippen LogP) is 11.1. The van der Waals surface area contributed by atoms with Gasteiger partial charge in [-0.2, -0.15) is 0 Å². The standard InChI is InChI=1S/C45H29N5/c1-4-14-30(15-5-1)37-29-42(48-45(47-37)31-16-6-2-7-17-31)50-38-22-11-10-20-35(38)43-34(21-12-23-40(43)50)32-25-26-39-36(28-32)44-41(24-13-27-46-44)49(39)33-18-8-3-9-19-33/h1-29H. The molecule has 0 aliphatic heterocycles. The molecule has 5 heteroatoms. The summed E-state index contributed by atoms with van der Waals surface area (Å²) in [7, 11) is 0. The Kier molecular flexibility index (Phi) is 6.42. The van der Waals surface area contributed by atoms with E-state index >= 15 is 0 Å². The van der Waals surface area contributed by atoms with Crippen LogP contribution in [0.3, 0.4) is 0 Å². The van der Waals surface area contributed by atoms with E-state index in [1.165, 1.54) is 10.8 Å². The van der Waals surface area contributed by atoms with Crippen LogP contribution in [0.1, 0.15) is 0 Å². The van der Waals surface area contributed by atoms with Gasteiger partial charge in [-0.1, -0.05) is 115 Å². The zero-order chi connectivity index (χ0) is 33.0.